The number of aromatic nitrogens is 1. The largest absolute Gasteiger partial charge is 0.433 e. The van der Waals surface area contributed by atoms with E-state index in [1.807, 2.05) is 0 Å². The van der Waals surface area contributed by atoms with E-state index in [0.29, 0.717) is 17.3 Å². The van der Waals surface area contributed by atoms with Gasteiger partial charge in [-0.15, -0.1) is 0 Å². The first-order chi connectivity index (χ1) is 8.41. The lowest BCUT2D eigenvalue weighted by molar-refractivity contribution is -0.141. The second-order valence-electron chi connectivity index (χ2n) is 4.71. The van der Waals surface area contributed by atoms with Gasteiger partial charge in [0, 0.05) is 25.7 Å². The van der Waals surface area contributed by atoms with E-state index in [-0.39, 0.29) is 6.54 Å². The summed E-state index contributed by atoms with van der Waals surface area (Å²) in [6, 6.07) is 2.39. The van der Waals surface area contributed by atoms with Crippen LogP contribution in [0.15, 0.2) is 12.1 Å². The molecular weight excluding hydrogens is 243 g/mol. The van der Waals surface area contributed by atoms with Gasteiger partial charge in [-0.3, -0.25) is 0 Å². The van der Waals surface area contributed by atoms with Crippen LogP contribution in [-0.4, -0.2) is 18.6 Å². The van der Waals surface area contributed by atoms with E-state index in [1.54, 1.807) is 11.9 Å². The Balaban J connectivity index is 2.29. The van der Waals surface area contributed by atoms with E-state index in [9.17, 15) is 13.2 Å². The molecule has 0 saturated heterocycles. The van der Waals surface area contributed by atoms with Gasteiger partial charge in [0.25, 0.3) is 0 Å². The van der Waals surface area contributed by atoms with Crippen LogP contribution >= 0.6 is 0 Å². The van der Waals surface area contributed by atoms with Gasteiger partial charge in [-0.1, -0.05) is 6.07 Å². The monoisotopic (exact) mass is 259 g/mol. The third kappa shape index (κ3) is 2.93. The van der Waals surface area contributed by atoms with Gasteiger partial charge in [-0.2, -0.15) is 13.2 Å². The number of hydrogen-bond acceptors (Lipinski definition) is 3. The molecule has 1 aliphatic carbocycles. The molecule has 3 nitrogen and oxygen atoms in total. The zero-order chi connectivity index (χ0) is 13.3. The number of alkyl halides is 3. The zero-order valence-electron chi connectivity index (χ0n) is 10.2. The summed E-state index contributed by atoms with van der Waals surface area (Å²) in [7, 11) is 1.76. The molecule has 2 N–H and O–H groups in total. The van der Waals surface area contributed by atoms with Crippen molar-refractivity contribution in [2.75, 3.05) is 18.5 Å². The summed E-state index contributed by atoms with van der Waals surface area (Å²) >= 11 is 0. The average Bonchev–Trinajstić information content (AvgIpc) is 3.10. The van der Waals surface area contributed by atoms with Gasteiger partial charge in [-0.05, 0) is 24.8 Å². The van der Waals surface area contributed by atoms with Crippen LogP contribution in [0.4, 0.5) is 19.0 Å². The number of hydrogen-bond donors (Lipinski definition) is 1. The number of pyridine rings is 1. The highest BCUT2D eigenvalue weighted by Crippen LogP contribution is 2.33. The second kappa shape index (κ2) is 4.76. The topological polar surface area (TPSA) is 42.2 Å². The van der Waals surface area contributed by atoms with Crippen molar-refractivity contribution >= 4 is 5.82 Å². The molecule has 0 aliphatic heterocycles. The number of rotatable bonds is 4. The summed E-state index contributed by atoms with van der Waals surface area (Å²) in [5.74, 6) is 0.927. The van der Waals surface area contributed by atoms with Crippen molar-refractivity contribution in [3.63, 3.8) is 0 Å². The summed E-state index contributed by atoms with van der Waals surface area (Å²) in [5, 5.41) is 0. The maximum Gasteiger partial charge on any atom is 0.433 e. The third-order valence-corrected chi connectivity index (χ3v) is 3.06. The van der Waals surface area contributed by atoms with E-state index in [2.05, 4.69) is 4.98 Å². The van der Waals surface area contributed by atoms with Crippen LogP contribution in [0.5, 0.6) is 0 Å². The lowest BCUT2D eigenvalue weighted by Gasteiger charge is -2.22. The number of halogens is 3. The molecule has 0 spiro atoms. The van der Waals surface area contributed by atoms with Gasteiger partial charge in [-0.25, -0.2) is 4.98 Å². The smallest absolute Gasteiger partial charge is 0.359 e. The predicted molar refractivity (Wildman–Crippen MR) is 63.1 cm³/mol. The lowest BCUT2D eigenvalue weighted by Crippen LogP contribution is -2.24. The van der Waals surface area contributed by atoms with Crippen LogP contribution in [0.25, 0.3) is 0 Å². The van der Waals surface area contributed by atoms with E-state index >= 15 is 0 Å². The Hall–Kier alpha value is -1.30. The van der Waals surface area contributed by atoms with E-state index < -0.39 is 11.9 Å². The Kier molecular flexibility index (Phi) is 3.47. The Morgan fingerprint density at radius 2 is 2.06 bits per heavy atom. The van der Waals surface area contributed by atoms with Gasteiger partial charge in [0.05, 0.1) is 0 Å². The van der Waals surface area contributed by atoms with Crippen molar-refractivity contribution < 1.29 is 13.2 Å². The lowest BCUT2D eigenvalue weighted by atomic mass is 10.2. The van der Waals surface area contributed by atoms with Crippen LogP contribution in [0.2, 0.25) is 0 Å². The van der Waals surface area contributed by atoms with E-state index in [1.165, 1.54) is 6.07 Å². The van der Waals surface area contributed by atoms with Crippen molar-refractivity contribution in [1.29, 1.82) is 0 Å². The molecule has 0 atom stereocenters. The van der Waals surface area contributed by atoms with Gasteiger partial charge >= 0.3 is 6.18 Å². The molecule has 0 aromatic carbocycles. The van der Waals surface area contributed by atoms with Crippen LogP contribution in [0.1, 0.15) is 24.1 Å². The molecule has 1 saturated carbocycles. The fraction of sp³-hybridized carbons (Fsp3) is 0.583. The molecule has 100 valence electrons. The third-order valence-electron chi connectivity index (χ3n) is 3.06. The maximum atomic E-state index is 12.6. The molecular formula is C12H16F3N3. The van der Waals surface area contributed by atoms with E-state index in [0.717, 1.165) is 25.5 Å². The van der Waals surface area contributed by atoms with Crippen molar-refractivity contribution in [3.8, 4) is 0 Å². The molecule has 1 aliphatic rings. The Morgan fingerprint density at radius 1 is 1.39 bits per heavy atom. The fourth-order valence-electron chi connectivity index (χ4n) is 1.90. The summed E-state index contributed by atoms with van der Waals surface area (Å²) in [6.45, 7) is 0.927. The highest BCUT2D eigenvalue weighted by atomic mass is 19.4. The summed E-state index contributed by atoms with van der Waals surface area (Å²) in [4.78, 5) is 5.49. The van der Waals surface area contributed by atoms with Gasteiger partial charge < -0.3 is 10.6 Å². The maximum absolute atomic E-state index is 12.6. The van der Waals surface area contributed by atoms with Crippen LogP contribution < -0.4 is 10.6 Å². The number of nitrogens with two attached hydrogens (primary N) is 1. The van der Waals surface area contributed by atoms with Gasteiger partial charge in [0.2, 0.25) is 0 Å². The van der Waals surface area contributed by atoms with Crippen molar-refractivity contribution in [2.24, 2.45) is 11.7 Å². The minimum Gasteiger partial charge on any atom is -0.359 e. The van der Waals surface area contributed by atoms with Crippen molar-refractivity contribution in [2.45, 2.75) is 25.6 Å². The van der Waals surface area contributed by atoms with Gasteiger partial charge in [0.15, 0.2) is 0 Å². The minimum atomic E-state index is -4.41. The SMILES string of the molecule is CN(CC1CC1)c1nc(C(F)(F)F)ccc1CN. The Labute approximate surface area is 104 Å². The number of anilines is 1. The first-order valence-electron chi connectivity index (χ1n) is 5.90. The second-order valence-corrected chi connectivity index (χ2v) is 4.71. The quantitative estimate of drug-likeness (QED) is 0.902. The molecule has 18 heavy (non-hydrogen) atoms. The zero-order valence-corrected chi connectivity index (χ0v) is 10.2. The Morgan fingerprint density at radius 3 is 2.56 bits per heavy atom. The molecule has 0 radical (unpaired) electrons. The molecule has 1 aromatic heterocycles. The molecule has 1 aromatic rings. The van der Waals surface area contributed by atoms with E-state index in [4.69, 9.17) is 5.73 Å². The Bertz CT molecular complexity index is 427. The predicted octanol–water partition coefficient (Wildman–Crippen LogP) is 2.41. The summed E-state index contributed by atoms with van der Waals surface area (Å²) < 4.78 is 37.9. The van der Waals surface area contributed by atoms with Crippen molar-refractivity contribution in [1.82, 2.24) is 4.98 Å². The highest BCUT2D eigenvalue weighted by Gasteiger charge is 2.33. The highest BCUT2D eigenvalue weighted by molar-refractivity contribution is 5.47. The molecule has 6 heteroatoms. The minimum absolute atomic E-state index is 0.190. The van der Waals surface area contributed by atoms with Crippen LogP contribution in [-0.2, 0) is 12.7 Å². The first kappa shape index (κ1) is 13.1. The fourth-order valence-corrected chi connectivity index (χ4v) is 1.90. The van der Waals surface area contributed by atoms with Crippen molar-refractivity contribution in [3.05, 3.63) is 23.4 Å². The van der Waals surface area contributed by atoms with Gasteiger partial charge in [0.1, 0.15) is 11.5 Å². The molecule has 0 bridgehead atoms. The normalized spacial score (nSPS) is 15.8. The van der Waals surface area contributed by atoms with Crippen LogP contribution in [0, 0.1) is 5.92 Å². The number of nitrogens with zero attached hydrogens (tertiary/aromatic N) is 2. The standard InChI is InChI=1S/C12H16F3N3/c1-18(7-8-2-3-8)11-9(6-16)4-5-10(17-11)12(13,14)15/h4-5,8H,2-3,6-7,16H2,1H3. The molecule has 1 fully saturated rings. The first-order valence-corrected chi connectivity index (χ1v) is 5.90. The molecule has 0 amide bonds. The summed E-state index contributed by atoms with van der Waals surface area (Å²) in [6.07, 6.45) is -2.13. The average molecular weight is 259 g/mol. The molecule has 1 heterocycles. The summed E-state index contributed by atoms with van der Waals surface area (Å²) in [5.41, 5.74) is 5.33. The molecule has 0 unspecified atom stereocenters. The molecule has 2 rings (SSSR count). The van der Waals surface area contributed by atoms with Crippen LogP contribution in [0.3, 0.4) is 0 Å².